The predicted molar refractivity (Wildman–Crippen MR) is 282 cm³/mol. The Bertz CT molecular complexity index is 3010. The van der Waals surface area contributed by atoms with Crippen LogP contribution in [0.2, 0.25) is 0 Å². The fraction of sp³-hybridized carbons (Fsp3) is 0.297. The van der Waals surface area contributed by atoms with E-state index in [1.165, 1.54) is 0 Å². The van der Waals surface area contributed by atoms with Crippen molar-refractivity contribution in [2.45, 2.75) is 117 Å². The molecule has 8 bridgehead atoms. The third-order valence-corrected chi connectivity index (χ3v) is 13.7. The lowest BCUT2D eigenvalue weighted by Gasteiger charge is -2.28. The van der Waals surface area contributed by atoms with Crippen molar-refractivity contribution in [3.8, 4) is 23.0 Å². The van der Waals surface area contributed by atoms with Gasteiger partial charge in [-0.2, -0.15) is 0 Å². The number of benzene rings is 7. The number of fused-ring (bicyclic) bond motifs is 8. The molecule has 0 saturated carbocycles. The van der Waals surface area contributed by atoms with Crippen LogP contribution in [0.4, 0.5) is 0 Å². The zero-order valence-corrected chi connectivity index (χ0v) is 42.9. The molecule has 1 atom stereocenters. The molecule has 8 heteroatoms. The number of carbonyl (C=O) groups is 3. The molecule has 0 aromatic heterocycles. The minimum Gasteiger partial charge on any atom is -0.507 e. The number of esters is 3. The molecule has 1 unspecified atom stereocenters. The van der Waals surface area contributed by atoms with Crippen molar-refractivity contribution in [1.82, 2.24) is 0 Å². The summed E-state index contributed by atoms with van der Waals surface area (Å²) < 4.78 is 25.7. The summed E-state index contributed by atoms with van der Waals surface area (Å²) in [5.41, 5.74) is 9.59. The van der Waals surface area contributed by atoms with Gasteiger partial charge in [0.25, 0.3) is 0 Å². The third kappa shape index (κ3) is 11.2. The molecule has 368 valence electrons. The fourth-order valence-corrected chi connectivity index (χ4v) is 9.41. The lowest BCUT2D eigenvalue weighted by atomic mass is 9.80. The Morgan fingerprint density at radius 2 is 0.708 bits per heavy atom. The largest absolute Gasteiger partial charge is 0.507 e. The van der Waals surface area contributed by atoms with Gasteiger partial charge in [0.1, 0.15) is 23.0 Å². The molecule has 1 heterocycles. The molecule has 0 spiro atoms. The molecule has 1 aliphatic carbocycles. The summed E-state index contributed by atoms with van der Waals surface area (Å²) in [6.45, 7) is 20.0. The molecular formula is C64H64O8. The highest BCUT2D eigenvalue weighted by Gasteiger charge is 2.31. The summed E-state index contributed by atoms with van der Waals surface area (Å²) in [5.74, 6) is -0.360. The number of carbonyl (C=O) groups excluding carboxylic acids is 3. The first-order valence-corrected chi connectivity index (χ1v) is 24.9. The van der Waals surface area contributed by atoms with Crippen LogP contribution < -0.4 is 14.2 Å². The first-order chi connectivity index (χ1) is 34.2. The molecule has 8 nitrogen and oxygen atoms in total. The maximum Gasteiger partial charge on any atom is 0.343 e. The van der Waals surface area contributed by atoms with E-state index in [2.05, 4.69) is 98.7 Å². The van der Waals surface area contributed by atoms with Crippen molar-refractivity contribution in [1.29, 1.82) is 0 Å². The quantitative estimate of drug-likeness (QED) is 0.0910. The minimum atomic E-state index is -0.530. The van der Waals surface area contributed by atoms with Crippen LogP contribution in [-0.4, -0.2) is 35.7 Å². The molecule has 1 saturated heterocycles. The highest BCUT2D eigenvalue weighted by molar-refractivity contribution is 5.93. The van der Waals surface area contributed by atoms with E-state index < -0.39 is 17.9 Å². The Labute approximate surface area is 424 Å². The third-order valence-electron chi connectivity index (χ3n) is 13.7. The fourth-order valence-electron chi connectivity index (χ4n) is 9.41. The predicted octanol–water partition coefficient (Wildman–Crippen LogP) is 13.6. The average molecular weight is 961 g/mol. The molecule has 7 aromatic rings. The molecular weight excluding hydrogens is 897 g/mol. The van der Waals surface area contributed by atoms with Gasteiger partial charge in [0.2, 0.25) is 0 Å². The summed E-state index contributed by atoms with van der Waals surface area (Å²) in [5, 5.41) is 12.7. The number of epoxide rings is 1. The van der Waals surface area contributed by atoms with Crippen LogP contribution in [0.1, 0.15) is 160 Å². The van der Waals surface area contributed by atoms with Gasteiger partial charge in [-0.15, -0.1) is 0 Å². The van der Waals surface area contributed by atoms with Crippen LogP contribution >= 0.6 is 0 Å². The number of phenolic OH excluding ortho intramolecular Hbond substituents is 1. The van der Waals surface area contributed by atoms with Crippen LogP contribution in [0.5, 0.6) is 23.0 Å². The zero-order valence-electron chi connectivity index (χ0n) is 42.9. The van der Waals surface area contributed by atoms with Crippen LogP contribution in [0, 0.1) is 0 Å². The minimum absolute atomic E-state index is 0.0571. The number of hydrogen-bond acceptors (Lipinski definition) is 8. The van der Waals surface area contributed by atoms with Crippen molar-refractivity contribution in [2.24, 2.45) is 0 Å². The van der Waals surface area contributed by atoms with E-state index in [1.54, 1.807) is 72.8 Å². The molecule has 0 amide bonds. The van der Waals surface area contributed by atoms with Gasteiger partial charge in [-0.05, 0) is 86.0 Å². The van der Waals surface area contributed by atoms with E-state index in [1.807, 2.05) is 30.3 Å². The lowest BCUT2D eigenvalue weighted by Crippen LogP contribution is -2.19. The molecule has 1 fully saturated rings. The second-order valence-corrected chi connectivity index (χ2v) is 22.5. The monoisotopic (exact) mass is 960 g/mol. The summed E-state index contributed by atoms with van der Waals surface area (Å²) >= 11 is 0. The zero-order chi connectivity index (χ0) is 51.1. The van der Waals surface area contributed by atoms with Crippen molar-refractivity contribution in [3.63, 3.8) is 0 Å². The van der Waals surface area contributed by atoms with Crippen LogP contribution in [0.25, 0.3) is 0 Å². The highest BCUT2D eigenvalue weighted by Crippen LogP contribution is 2.44. The molecule has 9 rings (SSSR count). The van der Waals surface area contributed by atoms with Gasteiger partial charge in [-0.1, -0.05) is 165 Å². The number of ether oxygens (including phenoxy) is 4. The number of aromatic hydroxyl groups is 1. The van der Waals surface area contributed by atoms with E-state index in [0.717, 1.165) is 22.3 Å². The Hall–Kier alpha value is -7.29. The van der Waals surface area contributed by atoms with Crippen LogP contribution in [-0.2, 0) is 53.1 Å². The van der Waals surface area contributed by atoms with Gasteiger partial charge in [0.15, 0.2) is 0 Å². The first kappa shape index (κ1) is 49.7. The van der Waals surface area contributed by atoms with Gasteiger partial charge >= 0.3 is 17.9 Å². The standard InChI is InChI=1S/C64H64O8/c1-62(2,3)51-32-45-28-43-25-39(27-54-38-69-54)26-44(55(43)65)29-46-33-52(63(4,5)6)35-48(57(46)71-60(67)41-21-15-11-16-22-41)31-50-37-53(64(7,8)9)36-49(58(50)72-61(68)42-23-17-12-18-24-42)30-47(34-51)56(45)70-59(66)40-19-13-10-14-20-40/h10-26,32-37,54,65H,27-31,38H2,1-9H3. The molecule has 1 N–H and O–H groups in total. The highest BCUT2D eigenvalue weighted by atomic mass is 16.6. The van der Waals surface area contributed by atoms with E-state index in [-0.39, 0.29) is 53.8 Å². The van der Waals surface area contributed by atoms with E-state index in [4.69, 9.17) is 18.9 Å². The van der Waals surface area contributed by atoms with E-state index >= 15 is 0 Å². The maximum atomic E-state index is 14.5. The van der Waals surface area contributed by atoms with Crippen LogP contribution in [0.3, 0.4) is 0 Å². The van der Waals surface area contributed by atoms with E-state index in [9.17, 15) is 19.5 Å². The summed E-state index contributed by atoms with van der Waals surface area (Å²) in [7, 11) is 0. The second kappa shape index (κ2) is 19.7. The Kier molecular flexibility index (Phi) is 13.6. The average Bonchev–Trinajstić information content (AvgIpc) is 4.16. The molecule has 0 radical (unpaired) electrons. The van der Waals surface area contributed by atoms with Crippen molar-refractivity contribution in [2.75, 3.05) is 6.61 Å². The molecule has 1 aliphatic heterocycles. The summed E-state index contributed by atoms with van der Waals surface area (Å²) in [4.78, 5) is 43.2. The van der Waals surface area contributed by atoms with E-state index in [0.29, 0.717) is 91.5 Å². The lowest BCUT2D eigenvalue weighted by molar-refractivity contribution is 0.0722. The van der Waals surface area contributed by atoms with Crippen molar-refractivity contribution in [3.05, 3.63) is 223 Å². The van der Waals surface area contributed by atoms with Crippen molar-refractivity contribution >= 4 is 17.9 Å². The Morgan fingerprint density at radius 3 is 0.958 bits per heavy atom. The molecule has 2 aliphatic rings. The van der Waals surface area contributed by atoms with Crippen LogP contribution in [0.15, 0.2) is 140 Å². The normalized spacial score (nSPS) is 14.5. The topological polar surface area (TPSA) is 112 Å². The second-order valence-electron chi connectivity index (χ2n) is 22.5. The van der Waals surface area contributed by atoms with Gasteiger partial charge in [0.05, 0.1) is 29.4 Å². The number of rotatable bonds is 8. The van der Waals surface area contributed by atoms with Gasteiger partial charge in [-0.3, -0.25) is 0 Å². The van der Waals surface area contributed by atoms with Gasteiger partial charge in [-0.25, -0.2) is 14.4 Å². The molecule has 72 heavy (non-hydrogen) atoms. The number of phenols is 1. The maximum absolute atomic E-state index is 14.5. The molecule has 7 aromatic carbocycles. The summed E-state index contributed by atoms with van der Waals surface area (Å²) in [6.07, 6.45) is 1.51. The smallest absolute Gasteiger partial charge is 0.343 e. The Morgan fingerprint density at radius 1 is 0.444 bits per heavy atom. The van der Waals surface area contributed by atoms with Gasteiger partial charge in [0, 0.05) is 65.5 Å². The Balaban J connectivity index is 1.37. The SMILES string of the molecule is CC(C)(C)c1cc2c(OC(=O)c3ccccc3)c(c1)Cc1cc(C(C)(C)C)cc(c1OC(=O)c1ccccc1)Cc1cc(C(C)(C)C)cc(c1OC(=O)c1ccccc1)Cc1cc(CC3CO3)cc(c1O)C2. The van der Waals surface area contributed by atoms with Crippen molar-refractivity contribution < 1.29 is 38.4 Å². The number of hydrogen-bond donors (Lipinski definition) is 1. The first-order valence-electron chi connectivity index (χ1n) is 24.9. The summed E-state index contributed by atoms with van der Waals surface area (Å²) in [6, 6.07) is 43.4. The van der Waals surface area contributed by atoms with Gasteiger partial charge < -0.3 is 24.1 Å².